The number of imide groups is 1. The lowest BCUT2D eigenvalue weighted by molar-refractivity contribution is -0.144. The minimum atomic E-state index is -0.676. The highest BCUT2D eigenvalue weighted by Gasteiger charge is 2.56. The number of likely N-dealkylation sites (tertiary alicyclic amines) is 3. The normalized spacial score (nSPS) is 25.5. The zero-order chi connectivity index (χ0) is 48.5. The van der Waals surface area contributed by atoms with E-state index in [1.165, 1.54) is 19.3 Å². The molecular formula is C54H68N12O5. The summed E-state index contributed by atoms with van der Waals surface area (Å²) in [5, 5.41) is 14.8. The van der Waals surface area contributed by atoms with E-state index in [1.807, 2.05) is 28.3 Å². The standard InChI is InChI=1S/C54H68N12O5/c1-33(2)65-32-55-44-31-43(57-49(48(44)65)56-37-7-8-37)36-6-10-41-45(28-36)66(39-29-38(30-39)61-20-4-3-5-21-61)53(71)54(41)18-26-64(27-19-54)52(70)35-16-24-63(25-17-35)51(69)34-14-22-62(23-15-34)46-12-11-42(59-60-46)40-9-13-47(67)58-50(40)68/h6,10-12,28,31-35,37-40H,3-5,7-9,13-27,29-30H2,1-2H3,(H,56,57)(H,58,67,68). The minimum absolute atomic E-state index is 0.0816. The quantitative estimate of drug-likeness (QED) is 0.179. The number of hydrogen-bond donors (Lipinski definition) is 2. The molecule has 5 amide bonds. The van der Waals surface area contributed by atoms with E-state index >= 15 is 4.79 Å². The molecule has 9 heterocycles. The van der Waals surface area contributed by atoms with Crippen molar-refractivity contribution in [3.05, 3.63) is 54.0 Å². The summed E-state index contributed by atoms with van der Waals surface area (Å²) in [6, 6.07) is 13.7. The van der Waals surface area contributed by atoms with E-state index < -0.39 is 11.3 Å². The van der Waals surface area contributed by atoms with Crippen LogP contribution >= 0.6 is 0 Å². The van der Waals surface area contributed by atoms with Crippen LogP contribution < -0.4 is 20.4 Å². The maximum Gasteiger partial charge on any atom is 0.238 e. The van der Waals surface area contributed by atoms with Crippen molar-refractivity contribution in [1.82, 2.24) is 44.7 Å². The average Bonchev–Trinajstić information content (AvgIpc) is 4.05. The van der Waals surface area contributed by atoms with Gasteiger partial charge in [0.15, 0.2) is 11.6 Å². The first-order valence-electron chi connectivity index (χ1n) is 26.9. The van der Waals surface area contributed by atoms with E-state index in [1.54, 1.807) is 0 Å². The lowest BCUT2D eigenvalue weighted by atomic mass is 9.73. The maximum atomic E-state index is 15.2. The van der Waals surface area contributed by atoms with Gasteiger partial charge in [0.25, 0.3) is 0 Å². The van der Waals surface area contributed by atoms with E-state index in [-0.39, 0.29) is 53.5 Å². The number of benzene rings is 1. The molecule has 1 atom stereocenters. The van der Waals surface area contributed by atoms with Crippen molar-refractivity contribution in [1.29, 1.82) is 0 Å². The number of carbonyl (C=O) groups is 5. The fraction of sp³-hybridized carbons (Fsp3) is 0.611. The van der Waals surface area contributed by atoms with Gasteiger partial charge < -0.3 is 34.4 Å². The Morgan fingerprint density at radius 2 is 1.46 bits per heavy atom. The molecule has 2 N–H and O–H groups in total. The van der Waals surface area contributed by atoms with Crippen LogP contribution in [-0.4, -0.2) is 139 Å². The summed E-state index contributed by atoms with van der Waals surface area (Å²) in [4.78, 5) is 88.3. The van der Waals surface area contributed by atoms with Crippen molar-refractivity contribution in [2.24, 2.45) is 11.8 Å². The van der Waals surface area contributed by atoms with Crippen LogP contribution in [0.4, 0.5) is 17.3 Å². The molecule has 3 aromatic heterocycles. The van der Waals surface area contributed by atoms with Crippen molar-refractivity contribution in [3.8, 4) is 11.3 Å². The number of aromatic nitrogens is 5. The Balaban J connectivity index is 0.695. The molecule has 0 radical (unpaired) electrons. The largest absolute Gasteiger partial charge is 0.366 e. The molecule has 374 valence electrons. The van der Waals surface area contributed by atoms with Crippen LogP contribution in [0.1, 0.15) is 133 Å². The monoisotopic (exact) mass is 965 g/mol. The Bertz CT molecular complexity index is 2720. The summed E-state index contributed by atoms with van der Waals surface area (Å²) in [6.45, 7) is 10.2. The summed E-state index contributed by atoms with van der Waals surface area (Å²) in [7, 11) is 0. The number of fused-ring (bicyclic) bond motifs is 3. The summed E-state index contributed by atoms with van der Waals surface area (Å²) in [6.07, 6.45) is 14.6. The van der Waals surface area contributed by atoms with E-state index in [2.05, 4.69) is 78.2 Å². The Morgan fingerprint density at radius 3 is 2.13 bits per heavy atom. The number of piperidine rings is 5. The number of imidazole rings is 1. The third kappa shape index (κ3) is 8.52. The Kier molecular flexibility index (Phi) is 12.1. The van der Waals surface area contributed by atoms with Gasteiger partial charge in [-0.15, -0.1) is 5.10 Å². The highest BCUT2D eigenvalue weighted by atomic mass is 16.2. The molecule has 8 aliphatic rings. The Morgan fingerprint density at radius 1 is 0.761 bits per heavy atom. The number of nitrogens with one attached hydrogen (secondary N) is 2. The highest BCUT2D eigenvalue weighted by molar-refractivity contribution is 6.09. The smallest absolute Gasteiger partial charge is 0.238 e. The first-order chi connectivity index (χ1) is 34.5. The van der Waals surface area contributed by atoms with Crippen LogP contribution in [0.2, 0.25) is 0 Å². The first-order valence-corrected chi connectivity index (χ1v) is 26.9. The first kappa shape index (κ1) is 46.1. The van der Waals surface area contributed by atoms with Gasteiger partial charge >= 0.3 is 0 Å². The molecule has 7 fully saturated rings. The average molecular weight is 965 g/mol. The number of pyridine rings is 1. The van der Waals surface area contributed by atoms with Gasteiger partial charge in [-0.05, 0) is 140 Å². The molecule has 5 saturated heterocycles. The van der Waals surface area contributed by atoms with Gasteiger partial charge in [0, 0.05) is 92.9 Å². The lowest BCUT2D eigenvalue weighted by Crippen LogP contribution is -2.58. The second-order valence-corrected chi connectivity index (χ2v) is 22.3. The molecule has 1 aromatic carbocycles. The summed E-state index contributed by atoms with van der Waals surface area (Å²) in [5.74, 6) is 0.831. The van der Waals surface area contributed by atoms with Gasteiger partial charge in [-0.25, -0.2) is 9.97 Å². The van der Waals surface area contributed by atoms with Gasteiger partial charge in [0.1, 0.15) is 5.52 Å². The van der Waals surface area contributed by atoms with Crippen LogP contribution in [0.25, 0.3) is 22.3 Å². The molecule has 2 saturated carbocycles. The zero-order valence-electron chi connectivity index (χ0n) is 41.4. The summed E-state index contributed by atoms with van der Waals surface area (Å²) >= 11 is 0. The second kappa shape index (κ2) is 18.6. The predicted octanol–water partition coefficient (Wildman–Crippen LogP) is 5.94. The number of nitrogens with zero attached hydrogens (tertiary/aromatic N) is 10. The van der Waals surface area contributed by atoms with Crippen LogP contribution in [0.5, 0.6) is 0 Å². The number of amides is 5. The minimum Gasteiger partial charge on any atom is -0.366 e. The second-order valence-electron chi connectivity index (χ2n) is 22.3. The van der Waals surface area contributed by atoms with Crippen molar-refractivity contribution in [2.45, 2.75) is 146 Å². The fourth-order valence-corrected chi connectivity index (χ4v) is 13.1. The van der Waals surface area contributed by atoms with Crippen molar-refractivity contribution in [3.63, 3.8) is 0 Å². The Hall–Kier alpha value is -5.97. The topological polar surface area (TPSA) is 182 Å². The van der Waals surface area contributed by atoms with Crippen molar-refractivity contribution in [2.75, 3.05) is 67.5 Å². The molecule has 0 bridgehead atoms. The van der Waals surface area contributed by atoms with Gasteiger partial charge in [0.2, 0.25) is 29.5 Å². The van der Waals surface area contributed by atoms with Crippen LogP contribution in [0.15, 0.2) is 42.7 Å². The molecule has 2 aliphatic carbocycles. The molecule has 17 heteroatoms. The number of hydrogen-bond acceptors (Lipinski definition) is 12. The van der Waals surface area contributed by atoms with E-state index in [0.29, 0.717) is 108 Å². The highest BCUT2D eigenvalue weighted by Crippen LogP contribution is 2.52. The van der Waals surface area contributed by atoms with Crippen LogP contribution in [0, 0.1) is 11.8 Å². The van der Waals surface area contributed by atoms with Gasteiger partial charge in [-0.1, -0.05) is 18.6 Å². The SMILES string of the molecule is CC(C)n1cnc2cc(-c3ccc4c(c3)N(C3CC(N5CCCCC5)C3)C(=O)C43CCN(C(=O)C4CCN(C(=O)C5CCN(c6ccc(C7CCC(=O)NC7=O)nn6)CC5)CC4)CC3)nc(NC3CC3)c21. The van der Waals surface area contributed by atoms with Gasteiger partial charge in [-0.2, -0.15) is 5.10 Å². The van der Waals surface area contributed by atoms with Crippen LogP contribution in [-0.2, 0) is 29.4 Å². The summed E-state index contributed by atoms with van der Waals surface area (Å²) in [5.41, 5.74) is 5.77. The summed E-state index contributed by atoms with van der Waals surface area (Å²) < 4.78 is 2.20. The predicted molar refractivity (Wildman–Crippen MR) is 269 cm³/mol. The van der Waals surface area contributed by atoms with Crippen LogP contribution in [0.3, 0.4) is 0 Å². The third-order valence-corrected chi connectivity index (χ3v) is 17.6. The van der Waals surface area contributed by atoms with E-state index in [9.17, 15) is 19.2 Å². The molecule has 4 aromatic rings. The molecule has 1 unspecified atom stereocenters. The van der Waals surface area contributed by atoms with Crippen molar-refractivity contribution >= 4 is 57.9 Å². The molecule has 1 spiro atoms. The molecule has 6 aliphatic heterocycles. The number of carbonyl (C=O) groups excluding carboxylic acids is 5. The number of anilines is 3. The van der Waals surface area contributed by atoms with E-state index in [4.69, 9.17) is 9.97 Å². The molecule has 71 heavy (non-hydrogen) atoms. The Labute approximate surface area is 415 Å². The fourth-order valence-electron chi connectivity index (χ4n) is 13.1. The molecule has 12 rings (SSSR count). The van der Waals surface area contributed by atoms with Crippen molar-refractivity contribution < 1.29 is 24.0 Å². The molecular weight excluding hydrogens is 897 g/mol. The van der Waals surface area contributed by atoms with Gasteiger partial charge in [0.05, 0.1) is 34.6 Å². The number of rotatable bonds is 10. The maximum absolute atomic E-state index is 15.2. The molecule has 17 nitrogen and oxygen atoms in total. The van der Waals surface area contributed by atoms with E-state index in [0.717, 1.165) is 84.0 Å². The zero-order valence-corrected chi connectivity index (χ0v) is 41.4. The lowest BCUT2D eigenvalue weighted by Gasteiger charge is -2.48. The third-order valence-electron chi connectivity index (χ3n) is 17.6. The van der Waals surface area contributed by atoms with Gasteiger partial charge in [-0.3, -0.25) is 29.3 Å².